The monoisotopic (exact) mass is 471 g/mol. The zero-order chi connectivity index (χ0) is 24.9. The van der Waals surface area contributed by atoms with Crippen molar-refractivity contribution in [2.45, 2.75) is 12.8 Å². The number of nitrogens with zero attached hydrogens (tertiary/aromatic N) is 5. The van der Waals surface area contributed by atoms with Gasteiger partial charge in [0.15, 0.2) is 17.3 Å². The van der Waals surface area contributed by atoms with Gasteiger partial charge in [0.2, 0.25) is 0 Å². The molecule has 0 saturated heterocycles. The summed E-state index contributed by atoms with van der Waals surface area (Å²) in [5, 5.41) is 15.4. The van der Waals surface area contributed by atoms with Gasteiger partial charge in [0.05, 0.1) is 30.1 Å². The fourth-order valence-electron chi connectivity index (χ4n) is 3.78. The van der Waals surface area contributed by atoms with E-state index in [1.54, 1.807) is 30.5 Å². The van der Waals surface area contributed by atoms with Crippen molar-refractivity contribution in [2.24, 2.45) is 0 Å². The van der Waals surface area contributed by atoms with Crippen molar-refractivity contribution in [1.82, 2.24) is 25.3 Å². The summed E-state index contributed by atoms with van der Waals surface area (Å²) in [7, 11) is 2.94. The van der Waals surface area contributed by atoms with Gasteiger partial charge >= 0.3 is 0 Å². The highest BCUT2D eigenvalue weighted by molar-refractivity contribution is 6.06. The van der Waals surface area contributed by atoms with Crippen molar-refractivity contribution in [3.8, 4) is 23.1 Å². The lowest BCUT2D eigenvalue weighted by Gasteiger charge is -2.17. The number of hydrogen-bond donors (Lipinski definition) is 2. The van der Waals surface area contributed by atoms with Crippen LogP contribution in [0.15, 0.2) is 49.1 Å². The van der Waals surface area contributed by atoms with Gasteiger partial charge < -0.3 is 15.4 Å². The molecule has 0 aliphatic rings. The Morgan fingerprint density at radius 2 is 2.03 bits per heavy atom. The number of methoxy groups -OCH3 is 1. The van der Waals surface area contributed by atoms with E-state index in [2.05, 4.69) is 30.6 Å². The van der Waals surface area contributed by atoms with E-state index in [0.717, 1.165) is 11.8 Å². The molecule has 9 nitrogen and oxygen atoms in total. The first-order chi connectivity index (χ1) is 17.0. The lowest BCUT2D eigenvalue weighted by atomic mass is 9.96. The maximum Gasteiger partial charge on any atom is 0.254 e. The first-order valence-corrected chi connectivity index (χ1v) is 10.8. The Hall–Kier alpha value is -4.65. The van der Waals surface area contributed by atoms with Crippen LogP contribution >= 0.6 is 0 Å². The number of nitrogens with one attached hydrogen (secondary N) is 2. The summed E-state index contributed by atoms with van der Waals surface area (Å²) in [5.74, 6) is -0.245. The van der Waals surface area contributed by atoms with Crippen molar-refractivity contribution in [3.05, 3.63) is 71.7 Å². The molecule has 176 valence electrons. The van der Waals surface area contributed by atoms with Crippen molar-refractivity contribution in [2.75, 3.05) is 26.0 Å². The number of carbonyl (C=O) groups excluding carboxylic acids is 1. The molecule has 0 unspecified atom stereocenters. The van der Waals surface area contributed by atoms with Crippen LogP contribution in [0.3, 0.4) is 0 Å². The van der Waals surface area contributed by atoms with Crippen LogP contribution in [0.25, 0.3) is 22.2 Å². The van der Waals surface area contributed by atoms with Gasteiger partial charge in [0, 0.05) is 42.7 Å². The van der Waals surface area contributed by atoms with E-state index in [1.165, 1.54) is 20.5 Å². The van der Waals surface area contributed by atoms with Crippen LogP contribution in [0.4, 0.5) is 10.2 Å². The number of halogens is 1. The maximum absolute atomic E-state index is 14.3. The number of rotatable bonds is 7. The predicted octanol–water partition coefficient (Wildman–Crippen LogP) is 3.68. The normalized spacial score (nSPS) is 11.5. The molecule has 0 fully saturated rings. The van der Waals surface area contributed by atoms with Crippen molar-refractivity contribution >= 4 is 22.6 Å². The first kappa shape index (κ1) is 23.5. The van der Waals surface area contributed by atoms with Crippen LogP contribution in [0.1, 0.15) is 34.5 Å². The molecule has 35 heavy (non-hydrogen) atoms. The fourth-order valence-corrected chi connectivity index (χ4v) is 3.78. The number of para-hydroxylation sites is 1. The minimum atomic E-state index is -0.665. The van der Waals surface area contributed by atoms with Crippen molar-refractivity contribution < 1.29 is 13.9 Å². The second-order valence-electron chi connectivity index (χ2n) is 7.76. The zero-order valence-electron chi connectivity index (χ0n) is 19.3. The second kappa shape index (κ2) is 10.1. The van der Waals surface area contributed by atoms with Crippen molar-refractivity contribution in [3.63, 3.8) is 0 Å². The third-order valence-corrected chi connectivity index (χ3v) is 5.60. The van der Waals surface area contributed by atoms with E-state index in [9.17, 15) is 9.18 Å². The van der Waals surface area contributed by atoms with Crippen LogP contribution in [0.2, 0.25) is 0 Å². The number of anilines is 1. The molecular weight excluding hydrogens is 449 g/mol. The third kappa shape index (κ3) is 4.70. The second-order valence-corrected chi connectivity index (χ2v) is 7.76. The van der Waals surface area contributed by atoms with Gasteiger partial charge in [-0.1, -0.05) is 25.1 Å². The molecule has 0 aliphatic heterocycles. The topological polar surface area (TPSA) is 126 Å². The Bertz CT molecular complexity index is 1450. The number of benzene rings is 1. The van der Waals surface area contributed by atoms with E-state index in [4.69, 9.17) is 10.00 Å². The van der Waals surface area contributed by atoms with Crippen molar-refractivity contribution in [1.29, 1.82) is 5.26 Å². The summed E-state index contributed by atoms with van der Waals surface area (Å²) < 4.78 is 19.6. The Labute approximate surface area is 201 Å². The molecule has 1 atom stereocenters. The highest BCUT2D eigenvalue weighted by Crippen LogP contribution is 2.29. The molecule has 10 heteroatoms. The smallest absolute Gasteiger partial charge is 0.254 e. The number of nitriles is 1. The standard InChI is InChI=1S/C25H22FN7O2/c1-14(16-5-4-6-17-23(25(34)28-2)18(26)12-31-24(16)17)10-30-22-8-19(32-13-33-22)15-7-21(35-3)20(9-27)29-11-15/h4-8,11-14H,10H2,1-3H3,(H,28,34)(H,30,32,33)/t14-/m1/s1. The summed E-state index contributed by atoms with van der Waals surface area (Å²) in [6.07, 6.45) is 4.07. The summed E-state index contributed by atoms with van der Waals surface area (Å²) in [6.45, 7) is 2.50. The molecule has 3 heterocycles. The molecule has 3 aromatic heterocycles. The van der Waals surface area contributed by atoms with E-state index in [-0.39, 0.29) is 17.2 Å². The summed E-state index contributed by atoms with van der Waals surface area (Å²) >= 11 is 0. The summed E-state index contributed by atoms with van der Waals surface area (Å²) in [5.41, 5.74) is 2.91. The number of carbonyl (C=O) groups is 1. The SMILES string of the molecule is CNC(=O)c1c(F)cnc2c([C@H](C)CNc3cc(-c4cnc(C#N)c(OC)c4)ncn3)cccc12. The predicted molar refractivity (Wildman–Crippen MR) is 129 cm³/mol. The van der Waals surface area contributed by atoms with Gasteiger partial charge in [0.1, 0.15) is 18.2 Å². The number of pyridine rings is 2. The van der Waals surface area contributed by atoms with Gasteiger partial charge in [-0.15, -0.1) is 0 Å². The highest BCUT2D eigenvalue weighted by atomic mass is 19.1. The van der Waals surface area contributed by atoms with Gasteiger partial charge in [-0.25, -0.2) is 19.3 Å². The Morgan fingerprint density at radius 1 is 1.20 bits per heavy atom. The van der Waals surface area contributed by atoms with E-state index in [0.29, 0.717) is 40.3 Å². The van der Waals surface area contributed by atoms with Crippen LogP contribution < -0.4 is 15.4 Å². The summed E-state index contributed by atoms with van der Waals surface area (Å²) in [6, 6.07) is 10.8. The number of aromatic nitrogens is 4. The quantitative estimate of drug-likeness (QED) is 0.418. The lowest BCUT2D eigenvalue weighted by Crippen LogP contribution is -2.20. The molecule has 0 radical (unpaired) electrons. The number of ether oxygens (including phenoxy) is 1. The minimum absolute atomic E-state index is 0.0218. The Kier molecular flexibility index (Phi) is 6.78. The van der Waals surface area contributed by atoms with Gasteiger partial charge in [-0.3, -0.25) is 9.78 Å². The molecule has 0 bridgehead atoms. The van der Waals surface area contributed by atoms with Crippen LogP contribution in [-0.2, 0) is 0 Å². The fraction of sp³-hybridized carbons (Fsp3) is 0.200. The highest BCUT2D eigenvalue weighted by Gasteiger charge is 2.19. The molecule has 2 N–H and O–H groups in total. The number of amides is 1. The van der Waals surface area contributed by atoms with E-state index < -0.39 is 11.7 Å². The molecule has 0 spiro atoms. The first-order valence-electron chi connectivity index (χ1n) is 10.8. The molecule has 4 aromatic rings. The zero-order valence-corrected chi connectivity index (χ0v) is 19.3. The average molecular weight is 471 g/mol. The molecular formula is C25H22FN7O2. The average Bonchev–Trinajstić information content (AvgIpc) is 2.90. The number of hydrogen-bond acceptors (Lipinski definition) is 8. The molecule has 1 aromatic carbocycles. The largest absolute Gasteiger partial charge is 0.494 e. The Balaban J connectivity index is 1.58. The van der Waals surface area contributed by atoms with Crippen LogP contribution in [0.5, 0.6) is 5.75 Å². The van der Waals surface area contributed by atoms with Crippen LogP contribution in [-0.4, -0.2) is 46.5 Å². The molecule has 1 amide bonds. The van der Waals surface area contributed by atoms with E-state index in [1.807, 2.05) is 19.1 Å². The molecule has 0 aliphatic carbocycles. The van der Waals surface area contributed by atoms with Gasteiger partial charge in [0.25, 0.3) is 5.91 Å². The van der Waals surface area contributed by atoms with Gasteiger partial charge in [-0.05, 0) is 11.6 Å². The molecule has 4 rings (SSSR count). The third-order valence-electron chi connectivity index (χ3n) is 5.60. The van der Waals surface area contributed by atoms with Gasteiger partial charge in [-0.2, -0.15) is 5.26 Å². The molecule has 0 saturated carbocycles. The Morgan fingerprint density at radius 3 is 2.77 bits per heavy atom. The summed E-state index contributed by atoms with van der Waals surface area (Å²) in [4.78, 5) is 29.2. The number of fused-ring (bicyclic) bond motifs is 1. The lowest BCUT2D eigenvalue weighted by molar-refractivity contribution is 0.0960. The maximum atomic E-state index is 14.3. The minimum Gasteiger partial charge on any atom is -0.494 e. The van der Waals surface area contributed by atoms with E-state index >= 15 is 0 Å². The van der Waals surface area contributed by atoms with Crippen LogP contribution in [0, 0.1) is 17.1 Å².